The lowest BCUT2D eigenvalue weighted by molar-refractivity contribution is -0.139. The van der Waals surface area contributed by atoms with Crippen molar-refractivity contribution >= 4 is 23.3 Å². The van der Waals surface area contributed by atoms with E-state index in [1.807, 2.05) is 73.5 Å². The van der Waals surface area contributed by atoms with Gasteiger partial charge in [-0.1, -0.05) is 61.7 Å². The van der Waals surface area contributed by atoms with E-state index in [1.165, 1.54) is 0 Å². The molecule has 1 aliphatic heterocycles. The molecule has 0 radical (unpaired) electrons. The third kappa shape index (κ3) is 7.11. The molecule has 9 heteroatoms. The average molecular weight is 591 g/mol. The molecule has 0 aromatic heterocycles. The van der Waals surface area contributed by atoms with Crippen LogP contribution in [0.15, 0.2) is 60.2 Å². The topological polar surface area (TPSA) is 114 Å². The van der Waals surface area contributed by atoms with Crippen molar-refractivity contribution in [2.45, 2.75) is 76.6 Å². The van der Waals surface area contributed by atoms with E-state index >= 15 is 0 Å². The van der Waals surface area contributed by atoms with Gasteiger partial charge in [-0.15, -0.1) is 0 Å². The van der Waals surface area contributed by atoms with Crippen molar-refractivity contribution in [3.05, 3.63) is 71.3 Å². The monoisotopic (exact) mass is 590 g/mol. The normalized spacial score (nSPS) is 17.3. The van der Waals surface area contributed by atoms with E-state index < -0.39 is 23.0 Å². The molecule has 1 fully saturated rings. The maximum atomic E-state index is 14.2. The summed E-state index contributed by atoms with van der Waals surface area (Å²) in [6.45, 7) is 6.06. The standard InChI is InChI=1S/C34H46N4O5/c1-6-38(30(39)28(36-32(41)33(2,3)35)23-43-22-24-13-9-7-10-14-24)21-27-29(25-15-17-26(42-5)18-16-25)31(40)37(4)34(27)19-11-8-12-20-34/h7,9-10,13-18,28H,6,8,11-12,19-23,35H2,1-5H3,(H,36,41)/t28-/m1/s1. The van der Waals surface area contributed by atoms with Gasteiger partial charge in [0.05, 0.1) is 37.0 Å². The SMILES string of the molecule is CCN(CC1=C(c2ccc(OC)cc2)C(=O)N(C)C12CCCCC2)C(=O)[C@@H](COCc1ccccc1)NC(=O)C(C)(C)N. The van der Waals surface area contributed by atoms with Crippen molar-refractivity contribution in [1.29, 1.82) is 0 Å². The molecule has 0 unspecified atom stereocenters. The third-order valence-electron chi connectivity index (χ3n) is 8.71. The van der Waals surface area contributed by atoms with Gasteiger partial charge in [0, 0.05) is 20.1 Å². The number of benzene rings is 2. The lowest BCUT2D eigenvalue weighted by Crippen LogP contribution is -2.58. The van der Waals surface area contributed by atoms with E-state index in [9.17, 15) is 14.4 Å². The smallest absolute Gasteiger partial charge is 0.255 e. The van der Waals surface area contributed by atoms with Gasteiger partial charge in [0.2, 0.25) is 11.8 Å². The molecular formula is C34H46N4O5. The Morgan fingerprint density at radius 1 is 1.07 bits per heavy atom. The number of rotatable bonds is 12. The van der Waals surface area contributed by atoms with Gasteiger partial charge in [-0.05, 0) is 62.4 Å². The zero-order valence-electron chi connectivity index (χ0n) is 26.2. The molecule has 1 heterocycles. The first-order valence-electron chi connectivity index (χ1n) is 15.2. The van der Waals surface area contributed by atoms with Crippen LogP contribution >= 0.6 is 0 Å². The highest BCUT2D eigenvalue weighted by molar-refractivity contribution is 6.23. The van der Waals surface area contributed by atoms with E-state index in [-0.39, 0.29) is 25.0 Å². The third-order valence-corrected chi connectivity index (χ3v) is 8.71. The minimum atomic E-state index is -1.17. The van der Waals surface area contributed by atoms with Crippen molar-refractivity contribution in [3.8, 4) is 5.75 Å². The fourth-order valence-electron chi connectivity index (χ4n) is 6.13. The molecule has 4 rings (SSSR count). The zero-order chi connectivity index (χ0) is 31.2. The number of ether oxygens (including phenoxy) is 2. The van der Waals surface area contributed by atoms with Crippen molar-refractivity contribution in [2.75, 3.05) is 33.9 Å². The maximum Gasteiger partial charge on any atom is 0.255 e. The summed E-state index contributed by atoms with van der Waals surface area (Å²) in [4.78, 5) is 44.6. The van der Waals surface area contributed by atoms with Crippen molar-refractivity contribution in [3.63, 3.8) is 0 Å². The minimum absolute atomic E-state index is 0.0135. The Labute approximate surface area is 255 Å². The van der Waals surface area contributed by atoms with Crippen LogP contribution in [0.4, 0.5) is 0 Å². The second kappa shape index (κ2) is 13.7. The number of carbonyl (C=O) groups excluding carboxylic acids is 3. The summed E-state index contributed by atoms with van der Waals surface area (Å²) in [6, 6.07) is 16.2. The number of carbonyl (C=O) groups is 3. The van der Waals surface area contributed by atoms with Gasteiger partial charge in [-0.25, -0.2) is 0 Å². The summed E-state index contributed by atoms with van der Waals surface area (Å²) < 4.78 is 11.3. The van der Waals surface area contributed by atoms with E-state index in [2.05, 4.69) is 5.32 Å². The summed E-state index contributed by atoms with van der Waals surface area (Å²) in [5, 5.41) is 2.84. The second-order valence-electron chi connectivity index (χ2n) is 12.1. The number of nitrogens with one attached hydrogen (secondary N) is 1. The molecule has 0 bridgehead atoms. The van der Waals surface area contributed by atoms with Crippen LogP contribution < -0.4 is 15.8 Å². The lowest BCUT2D eigenvalue weighted by atomic mass is 9.75. The summed E-state index contributed by atoms with van der Waals surface area (Å²) >= 11 is 0. The molecule has 3 amide bonds. The van der Waals surface area contributed by atoms with E-state index in [1.54, 1.807) is 25.9 Å². The van der Waals surface area contributed by atoms with Crippen LogP contribution in [0, 0.1) is 0 Å². The summed E-state index contributed by atoms with van der Waals surface area (Å²) in [6.07, 6.45) is 4.83. The molecular weight excluding hydrogens is 544 g/mol. The minimum Gasteiger partial charge on any atom is -0.497 e. The van der Waals surface area contributed by atoms with Gasteiger partial charge in [0.25, 0.3) is 5.91 Å². The van der Waals surface area contributed by atoms with Gasteiger partial charge in [0.15, 0.2) is 0 Å². The van der Waals surface area contributed by atoms with Gasteiger partial charge in [-0.2, -0.15) is 0 Å². The fraction of sp³-hybridized carbons (Fsp3) is 0.500. The number of nitrogens with two attached hydrogens (primary N) is 1. The highest BCUT2D eigenvalue weighted by Crippen LogP contribution is 2.48. The number of hydrogen-bond acceptors (Lipinski definition) is 6. The second-order valence-corrected chi connectivity index (χ2v) is 12.1. The predicted molar refractivity (Wildman–Crippen MR) is 167 cm³/mol. The van der Waals surface area contributed by atoms with E-state index in [0.717, 1.165) is 48.8 Å². The molecule has 2 aromatic carbocycles. The number of likely N-dealkylation sites (N-methyl/N-ethyl adjacent to an activating group) is 2. The first-order chi connectivity index (χ1) is 20.5. The van der Waals surface area contributed by atoms with E-state index in [4.69, 9.17) is 15.2 Å². The molecule has 9 nitrogen and oxygen atoms in total. The first-order valence-corrected chi connectivity index (χ1v) is 15.2. The predicted octanol–water partition coefficient (Wildman–Crippen LogP) is 3.91. The largest absolute Gasteiger partial charge is 0.497 e. The summed E-state index contributed by atoms with van der Waals surface area (Å²) in [5.41, 5.74) is 7.81. The molecule has 0 saturated heterocycles. The van der Waals surface area contributed by atoms with Crippen molar-refractivity contribution in [1.82, 2.24) is 15.1 Å². The molecule has 43 heavy (non-hydrogen) atoms. The average Bonchev–Trinajstić information content (AvgIpc) is 3.20. The molecule has 1 aliphatic carbocycles. The van der Waals surface area contributed by atoms with Crippen LogP contribution in [-0.4, -0.2) is 78.5 Å². The highest BCUT2D eigenvalue weighted by atomic mass is 16.5. The quantitative estimate of drug-likeness (QED) is 0.388. The molecule has 3 N–H and O–H groups in total. The van der Waals surface area contributed by atoms with Gasteiger partial charge in [0.1, 0.15) is 11.8 Å². The number of hydrogen-bond donors (Lipinski definition) is 2. The Balaban J connectivity index is 1.67. The Morgan fingerprint density at radius 3 is 2.30 bits per heavy atom. The number of amides is 3. The number of nitrogens with zero attached hydrogens (tertiary/aromatic N) is 2. The van der Waals surface area contributed by atoms with Crippen LogP contribution in [-0.2, 0) is 25.7 Å². The summed E-state index contributed by atoms with van der Waals surface area (Å²) in [7, 11) is 3.49. The Bertz CT molecular complexity index is 1310. The van der Waals surface area contributed by atoms with Crippen molar-refractivity contribution in [2.24, 2.45) is 5.73 Å². The number of methoxy groups -OCH3 is 1. The maximum absolute atomic E-state index is 14.2. The molecule has 1 saturated carbocycles. The highest BCUT2D eigenvalue weighted by Gasteiger charge is 2.50. The molecule has 1 atom stereocenters. The summed E-state index contributed by atoms with van der Waals surface area (Å²) in [5.74, 6) is -0.0450. The van der Waals surface area contributed by atoms with Gasteiger partial charge in [-0.3, -0.25) is 14.4 Å². The van der Waals surface area contributed by atoms with Crippen LogP contribution in [0.25, 0.3) is 5.57 Å². The van der Waals surface area contributed by atoms with Gasteiger partial charge < -0.3 is 30.3 Å². The molecule has 1 spiro atoms. The molecule has 2 aliphatic rings. The van der Waals surface area contributed by atoms with Crippen LogP contribution in [0.3, 0.4) is 0 Å². The molecule has 2 aromatic rings. The Morgan fingerprint density at radius 2 is 1.72 bits per heavy atom. The Kier molecular flexibility index (Phi) is 10.3. The van der Waals surface area contributed by atoms with Gasteiger partial charge >= 0.3 is 0 Å². The van der Waals surface area contributed by atoms with E-state index in [0.29, 0.717) is 24.5 Å². The van der Waals surface area contributed by atoms with Crippen LogP contribution in [0.1, 0.15) is 64.0 Å². The first kappa shape index (κ1) is 32.2. The Hall–Kier alpha value is -3.69. The fourth-order valence-corrected chi connectivity index (χ4v) is 6.13. The van der Waals surface area contributed by atoms with Crippen molar-refractivity contribution < 1.29 is 23.9 Å². The zero-order valence-corrected chi connectivity index (χ0v) is 26.2. The van der Waals surface area contributed by atoms with Crippen LogP contribution in [0.2, 0.25) is 0 Å². The lowest BCUT2D eigenvalue weighted by Gasteiger charge is -2.43. The molecule has 232 valence electrons. The van der Waals surface area contributed by atoms with Crippen LogP contribution in [0.5, 0.6) is 5.75 Å².